The maximum atomic E-state index is 10.6. The Morgan fingerprint density at radius 1 is 1.40 bits per heavy atom. The number of carboxylic acid groups (broad SMARTS) is 1. The van der Waals surface area contributed by atoms with Crippen molar-refractivity contribution in [1.29, 1.82) is 0 Å². The average Bonchev–Trinajstić information content (AvgIpc) is 3.28. The van der Waals surface area contributed by atoms with E-state index in [-0.39, 0.29) is 19.1 Å². The summed E-state index contributed by atoms with van der Waals surface area (Å²) in [5.41, 5.74) is 2.49. The van der Waals surface area contributed by atoms with Crippen molar-refractivity contribution in [1.82, 2.24) is 15.2 Å². The van der Waals surface area contributed by atoms with E-state index in [1.807, 2.05) is 18.3 Å². The number of ether oxygens (including phenoxy) is 2. The molecule has 10 heteroatoms. The van der Waals surface area contributed by atoms with Gasteiger partial charge in [-0.05, 0) is 17.7 Å². The normalized spacial score (nSPS) is 16.9. The highest BCUT2D eigenvalue weighted by Gasteiger charge is 2.24. The third-order valence-corrected chi connectivity index (χ3v) is 5.69. The number of hydrogen-bond acceptors (Lipinski definition) is 6. The highest BCUT2D eigenvalue weighted by atomic mass is 35.5. The van der Waals surface area contributed by atoms with E-state index in [1.54, 1.807) is 12.3 Å². The van der Waals surface area contributed by atoms with E-state index < -0.39 is 5.97 Å². The van der Waals surface area contributed by atoms with E-state index in [2.05, 4.69) is 15.1 Å². The number of aliphatic carboxylic acids is 1. The minimum absolute atomic E-state index is 0.0318. The molecule has 1 fully saturated rings. The first-order valence-corrected chi connectivity index (χ1v) is 10.2. The van der Waals surface area contributed by atoms with Crippen LogP contribution >= 0.6 is 23.2 Å². The van der Waals surface area contributed by atoms with Gasteiger partial charge in [0.05, 0.1) is 54.1 Å². The van der Waals surface area contributed by atoms with Gasteiger partial charge in [-0.2, -0.15) is 5.10 Å². The van der Waals surface area contributed by atoms with Crippen LogP contribution in [-0.4, -0.2) is 65.3 Å². The third kappa shape index (κ3) is 4.52. The van der Waals surface area contributed by atoms with Gasteiger partial charge in [0.1, 0.15) is 5.82 Å². The number of fused-ring (bicyclic) bond motifs is 1. The van der Waals surface area contributed by atoms with Crippen LogP contribution in [0, 0.1) is 0 Å². The summed E-state index contributed by atoms with van der Waals surface area (Å²) in [6.45, 7) is 2.21. The number of nitrogens with one attached hydrogen (secondary N) is 1. The van der Waals surface area contributed by atoms with Crippen LogP contribution in [-0.2, 0) is 14.3 Å². The molecule has 1 aromatic carbocycles. The van der Waals surface area contributed by atoms with Crippen LogP contribution in [0.4, 0.5) is 5.82 Å². The van der Waals surface area contributed by atoms with Gasteiger partial charge in [-0.3, -0.25) is 9.89 Å². The second-order valence-corrected chi connectivity index (χ2v) is 7.72. The van der Waals surface area contributed by atoms with Crippen LogP contribution in [0.5, 0.6) is 0 Å². The van der Waals surface area contributed by atoms with E-state index in [4.69, 9.17) is 42.8 Å². The van der Waals surface area contributed by atoms with Crippen molar-refractivity contribution in [2.45, 2.75) is 12.5 Å². The van der Waals surface area contributed by atoms with Crippen molar-refractivity contribution in [3.8, 4) is 11.1 Å². The molecule has 4 rings (SSSR count). The van der Waals surface area contributed by atoms with Crippen LogP contribution in [0.3, 0.4) is 0 Å². The molecular formula is C20H20Cl2N4O4. The molecule has 3 heterocycles. The second kappa shape index (κ2) is 9.18. The van der Waals surface area contributed by atoms with Crippen molar-refractivity contribution in [2.75, 3.05) is 37.8 Å². The molecule has 1 saturated heterocycles. The van der Waals surface area contributed by atoms with Crippen molar-refractivity contribution in [3.05, 3.63) is 40.6 Å². The Hall–Kier alpha value is -2.39. The molecule has 0 radical (unpaired) electrons. The highest BCUT2D eigenvalue weighted by Crippen LogP contribution is 2.37. The minimum atomic E-state index is -0.885. The Kier molecular flexibility index (Phi) is 6.38. The molecule has 2 N–H and O–H groups in total. The Morgan fingerprint density at radius 3 is 3.03 bits per heavy atom. The summed E-state index contributed by atoms with van der Waals surface area (Å²) in [5.74, 6) is -0.134. The van der Waals surface area contributed by atoms with E-state index in [0.717, 1.165) is 22.3 Å². The van der Waals surface area contributed by atoms with Crippen LogP contribution in [0.25, 0.3) is 22.0 Å². The number of H-pyrrole nitrogens is 1. The molecule has 2 aromatic heterocycles. The number of carboxylic acids is 1. The Morgan fingerprint density at radius 2 is 2.27 bits per heavy atom. The lowest BCUT2D eigenvalue weighted by Crippen LogP contribution is -2.45. The lowest BCUT2D eigenvalue weighted by atomic mass is 10.0. The molecule has 0 bridgehead atoms. The van der Waals surface area contributed by atoms with Crippen molar-refractivity contribution in [2.24, 2.45) is 0 Å². The van der Waals surface area contributed by atoms with Gasteiger partial charge >= 0.3 is 5.97 Å². The fourth-order valence-corrected chi connectivity index (χ4v) is 3.78. The monoisotopic (exact) mass is 450 g/mol. The quantitative estimate of drug-likeness (QED) is 0.529. The summed E-state index contributed by atoms with van der Waals surface area (Å²) in [6.07, 6.45) is 3.35. The fraction of sp³-hybridized carbons (Fsp3) is 0.350. The number of aromatic nitrogens is 3. The van der Waals surface area contributed by atoms with Gasteiger partial charge in [0, 0.05) is 30.2 Å². The van der Waals surface area contributed by atoms with Gasteiger partial charge in [0.15, 0.2) is 0 Å². The number of pyridine rings is 1. The molecule has 1 aliphatic heterocycles. The molecule has 3 aromatic rings. The molecule has 1 atom stereocenters. The average molecular weight is 451 g/mol. The second-order valence-electron chi connectivity index (χ2n) is 6.93. The molecule has 0 unspecified atom stereocenters. The standard InChI is InChI=1S/C20H20Cl2N4O4/c21-16-2-1-14-15(12-8-23-24-9-12)7-17(25-20(14)19(16)22)26-4-6-30-13(10-26)11-29-5-3-18(27)28/h1-2,7-9,13H,3-6,10-11H2,(H,23,24)(H,27,28)/t13-/m1/s1. The van der Waals surface area contributed by atoms with Crippen LogP contribution in [0.2, 0.25) is 10.0 Å². The molecule has 1 aliphatic rings. The van der Waals surface area contributed by atoms with E-state index in [9.17, 15) is 4.79 Å². The molecule has 158 valence electrons. The smallest absolute Gasteiger partial charge is 0.305 e. The molecule has 0 amide bonds. The predicted molar refractivity (Wildman–Crippen MR) is 114 cm³/mol. The van der Waals surface area contributed by atoms with E-state index in [1.165, 1.54) is 0 Å². The number of hydrogen-bond donors (Lipinski definition) is 2. The summed E-state index contributed by atoms with van der Waals surface area (Å²) >= 11 is 12.7. The first-order valence-electron chi connectivity index (χ1n) is 9.47. The molecular weight excluding hydrogens is 431 g/mol. The number of nitrogens with zero attached hydrogens (tertiary/aromatic N) is 3. The first-order chi connectivity index (χ1) is 14.5. The molecule has 0 saturated carbocycles. The summed E-state index contributed by atoms with van der Waals surface area (Å²) in [6, 6.07) is 5.67. The Balaban J connectivity index is 1.62. The van der Waals surface area contributed by atoms with E-state index in [0.29, 0.717) is 41.9 Å². The van der Waals surface area contributed by atoms with Crippen LogP contribution in [0.15, 0.2) is 30.6 Å². The fourth-order valence-electron chi connectivity index (χ4n) is 3.42. The van der Waals surface area contributed by atoms with Gasteiger partial charge in [0.2, 0.25) is 0 Å². The number of benzene rings is 1. The van der Waals surface area contributed by atoms with Crippen LogP contribution < -0.4 is 4.90 Å². The third-order valence-electron chi connectivity index (χ3n) is 4.90. The van der Waals surface area contributed by atoms with Crippen LogP contribution in [0.1, 0.15) is 6.42 Å². The summed E-state index contributed by atoms with van der Waals surface area (Å²) in [5, 5.41) is 17.4. The lowest BCUT2D eigenvalue weighted by molar-refractivity contribution is -0.138. The number of halogens is 2. The molecule has 8 nitrogen and oxygen atoms in total. The largest absolute Gasteiger partial charge is 0.481 e. The number of anilines is 1. The number of morpholine rings is 1. The molecule has 30 heavy (non-hydrogen) atoms. The maximum absolute atomic E-state index is 10.6. The zero-order valence-electron chi connectivity index (χ0n) is 16.0. The number of aromatic amines is 1. The molecule has 0 spiro atoms. The van der Waals surface area contributed by atoms with Gasteiger partial charge in [0.25, 0.3) is 0 Å². The SMILES string of the molecule is O=C(O)CCOC[C@H]1CN(c2cc(-c3cn[nH]c3)c3ccc(Cl)c(Cl)c3n2)CCO1. The summed E-state index contributed by atoms with van der Waals surface area (Å²) in [7, 11) is 0. The van der Waals surface area contributed by atoms with Crippen molar-refractivity contribution in [3.63, 3.8) is 0 Å². The van der Waals surface area contributed by atoms with Gasteiger partial charge < -0.3 is 19.5 Å². The maximum Gasteiger partial charge on any atom is 0.305 e. The van der Waals surface area contributed by atoms with Crippen molar-refractivity contribution < 1.29 is 19.4 Å². The van der Waals surface area contributed by atoms with Gasteiger partial charge in [-0.1, -0.05) is 29.3 Å². The Labute approximate surface area is 182 Å². The molecule has 0 aliphatic carbocycles. The number of rotatable bonds is 7. The zero-order chi connectivity index (χ0) is 21.1. The van der Waals surface area contributed by atoms with E-state index >= 15 is 0 Å². The Bertz CT molecular complexity index is 1040. The number of carbonyl (C=O) groups is 1. The lowest BCUT2D eigenvalue weighted by Gasteiger charge is -2.34. The van der Waals surface area contributed by atoms with Gasteiger partial charge in [-0.15, -0.1) is 0 Å². The predicted octanol–water partition coefficient (Wildman–Crippen LogP) is 3.63. The minimum Gasteiger partial charge on any atom is -0.481 e. The first kappa shape index (κ1) is 20.9. The highest BCUT2D eigenvalue weighted by molar-refractivity contribution is 6.45. The summed E-state index contributed by atoms with van der Waals surface area (Å²) in [4.78, 5) is 17.5. The zero-order valence-corrected chi connectivity index (χ0v) is 17.5. The summed E-state index contributed by atoms with van der Waals surface area (Å²) < 4.78 is 11.2. The topological polar surface area (TPSA) is 101 Å². The van der Waals surface area contributed by atoms with Crippen molar-refractivity contribution >= 4 is 45.9 Å². The van der Waals surface area contributed by atoms with Gasteiger partial charge in [-0.25, -0.2) is 4.98 Å².